The summed E-state index contributed by atoms with van der Waals surface area (Å²) in [6, 6.07) is 10.7. The number of aliphatic imine (C=N–C) groups is 1. The molecule has 0 radical (unpaired) electrons. The van der Waals surface area contributed by atoms with Gasteiger partial charge in [0.15, 0.2) is 17.5 Å². The maximum Gasteiger partial charge on any atom is 0.191 e. The first-order valence-electron chi connectivity index (χ1n) is 10.8. The van der Waals surface area contributed by atoms with E-state index in [4.69, 9.17) is 14.2 Å². The van der Waals surface area contributed by atoms with Crippen LogP contribution in [0.1, 0.15) is 28.3 Å². The zero-order valence-electron chi connectivity index (χ0n) is 18.9. The molecule has 0 amide bonds. The van der Waals surface area contributed by atoms with Gasteiger partial charge in [-0.3, -0.25) is 9.89 Å². The molecule has 1 fully saturated rings. The van der Waals surface area contributed by atoms with Crippen LogP contribution in [0.5, 0.6) is 11.5 Å². The molecule has 1 aliphatic rings. The lowest BCUT2D eigenvalue weighted by Crippen LogP contribution is -2.46. The van der Waals surface area contributed by atoms with Gasteiger partial charge in [0.1, 0.15) is 0 Å². The normalized spacial score (nSPS) is 16.1. The fraction of sp³-hybridized carbons (Fsp3) is 0.522. The smallest absolute Gasteiger partial charge is 0.191 e. The van der Waals surface area contributed by atoms with Crippen LogP contribution in [0.25, 0.3) is 0 Å². The molecule has 3 rings (SSSR count). The van der Waals surface area contributed by atoms with E-state index < -0.39 is 0 Å². The molecule has 1 aliphatic heterocycles. The molecule has 1 saturated heterocycles. The molecule has 0 aliphatic carbocycles. The Hall–Kier alpha value is -2.29. The van der Waals surface area contributed by atoms with Gasteiger partial charge < -0.3 is 24.8 Å². The molecule has 2 heterocycles. The molecule has 1 aromatic heterocycles. The van der Waals surface area contributed by atoms with E-state index >= 15 is 0 Å². The summed E-state index contributed by atoms with van der Waals surface area (Å²) in [5.41, 5.74) is 1.10. The van der Waals surface area contributed by atoms with E-state index in [1.807, 2.05) is 36.5 Å². The van der Waals surface area contributed by atoms with Crippen molar-refractivity contribution in [3.63, 3.8) is 0 Å². The Morgan fingerprint density at radius 1 is 1.19 bits per heavy atom. The van der Waals surface area contributed by atoms with Gasteiger partial charge in [-0.05, 0) is 43.7 Å². The first-order chi connectivity index (χ1) is 15.1. The highest BCUT2D eigenvalue weighted by atomic mass is 32.1. The summed E-state index contributed by atoms with van der Waals surface area (Å²) < 4.78 is 16.6. The van der Waals surface area contributed by atoms with Gasteiger partial charge in [0.25, 0.3) is 0 Å². The van der Waals surface area contributed by atoms with Crippen LogP contribution in [-0.2, 0) is 11.3 Å². The number of hydrogen-bond acceptors (Lipinski definition) is 6. The van der Waals surface area contributed by atoms with E-state index in [2.05, 4.69) is 39.6 Å². The van der Waals surface area contributed by atoms with Crippen molar-refractivity contribution in [2.24, 2.45) is 4.99 Å². The molecule has 170 valence electrons. The van der Waals surface area contributed by atoms with Gasteiger partial charge in [-0.1, -0.05) is 6.07 Å². The second-order valence-corrected chi connectivity index (χ2v) is 8.66. The minimum atomic E-state index is 0.298. The standard InChI is InChI=1S/C23H34N4O3S/c1-5-30-21-14-18(7-8-20(21)28-4)15-25-23(24-3)26-16-19(22-9-6-17(2)31-22)27-10-12-29-13-11-27/h6-9,14,19H,5,10-13,15-16H2,1-4H3,(H2,24,25,26). The number of guanidine groups is 1. The molecule has 0 saturated carbocycles. The van der Waals surface area contributed by atoms with Crippen molar-refractivity contribution in [1.29, 1.82) is 0 Å². The number of rotatable bonds is 9. The summed E-state index contributed by atoms with van der Waals surface area (Å²) in [4.78, 5) is 9.61. The highest BCUT2D eigenvalue weighted by molar-refractivity contribution is 7.12. The predicted octanol–water partition coefficient (Wildman–Crippen LogP) is 3.20. The Morgan fingerprint density at radius 3 is 2.65 bits per heavy atom. The van der Waals surface area contributed by atoms with E-state index in [-0.39, 0.29) is 0 Å². The minimum absolute atomic E-state index is 0.298. The van der Waals surface area contributed by atoms with Crippen molar-refractivity contribution in [2.75, 3.05) is 53.6 Å². The summed E-state index contributed by atoms with van der Waals surface area (Å²) in [7, 11) is 3.45. The van der Waals surface area contributed by atoms with Gasteiger partial charge in [-0.15, -0.1) is 11.3 Å². The maximum absolute atomic E-state index is 5.69. The number of nitrogens with one attached hydrogen (secondary N) is 2. The topological polar surface area (TPSA) is 67.4 Å². The number of nitrogens with zero attached hydrogens (tertiary/aromatic N) is 2. The summed E-state index contributed by atoms with van der Waals surface area (Å²) in [6.07, 6.45) is 0. The van der Waals surface area contributed by atoms with Crippen molar-refractivity contribution >= 4 is 17.3 Å². The number of ether oxygens (including phenoxy) is 3. The third-order valence-corrected chi connectivity index (χ3v) is 6.35. The zero-order valence-corrected chi connectivity index (χ0v) is 19.8. The lowest BCUT2D eigenvalue weighted by Gasteiger charge is -2.34. The highest BCUT2D eigenvalue weighted by Crippen LogP contribution is 2.29. The lowest BCUT2D eigenvalue weighted by atomic mass is 10.2. The number of aryl methyl sites for hydroxylation is 1. The maximum atomic E-state index is 5.69. The summed E-state index contributed by atoms with van der Waals surface area (Å²) >= 11 is 1.86. The fourth-order valence-corrected chi connectivity index (χ4v) is 4.64. The van der Waals surface area contributed by atoms with E-state index in [1.165, 1.54) is 9.75 Å². The first-order valence-corrected chi connectivity index (χ1v) is 11.6. The number of morpholine rings is 1. The molecule has 2 aromatic rings. The summed E-state index contributed by atoms with van der Waals surface area (Å²) in [5, 5.41) is 6.92. The van der Waals surface area contributed by atoms with E-state index in [0.29, 0.717) is 19.2 Å². The van der Waals surface area contributed by atoms with Crippen LogP contribution in [0.4, 0.5) is 0 Å². The van der Waals surface area contributed by atoms with Gasteiger partial charge in [0.2, 0.25) is 0 Å². The van der Waals surface area contributed by atoms with Crippen LogP contribution in [0.15, 0.2) is 35.3 Å². The van der Waals surface area contributed by atoms with Crippen LogP contribution in [0, 0.1) is 6.92 Å². The van der Waals surface area contributed by atoms with E-state index in [1.54, 1.807) is 14.2 Å². The lowest BCUT2D eigenvalue weighted by molar-refractivity contribution is 0.0177. The number of hydrogen-bond donors (Lipinski definition) is 2. The SMILES string of the molecule is CCOc1cc(CNC(=NC)NCC(c2ccc(C)s2)N2CCOCC2)ccc1OC. The molecule has 0 spiro atoms. The highest BCUT2D eigenvalue weighted by Gasteiger charge is 2.24. The molecular formula is C23H34N4O3S. The van der Waals surface area contributed by atoms with E-state index in [0.717, 1.165) is 55.9 Å². The first kappa shape index (κ1) is 23.4. The molecule has 7 nitrogen and oxygen atoms in total. The minimum Gasteiger partial charge on any atom is -0.493 e. The van der Waals surface area contributed by atoms with Crippen LogP contribution in [0.2, 0.25) is 0 Å². The third-order valence-electron chi connectivity index (χ3n) is 5.25. The van der Waals surface area contributed by atoms with Crippen molar-refractivity contribution in [3.05, 3.63) is 45.6 Å². The molecule has 0 bridgehead atoms. The Kier molecular flexibility index (Phi) is 8.99. The second-order valence-electron chi connectivity index (χ2n) is 7.34. The largest absolute Gasteiger partial charge is 0.493 e. The van der Waals surface area contributed by atoms with Crippen molar-refractivity contribution in [1.82, 2.24) is 15.5 Å². The Bertz CT molecular complexity index is 849. The number of methoxy groups -OCH3 is 1. The van der Waals surface area contributed by atoms with Crippen LogP contribution < -0.4 is 20.1 Å². The fourth-order valence-electron chi connectivity index (χ4n) is 3.63. The second kappa shape index (κ2) is 11.9. The van der Waals surface area contributed by atoms with Crippen LogP contribution in [0.3, 0.4) is 0 Å². The molecular weight excluding hydrogens is 412 g/mol. The van der Waals surface area contributed by atoms with Gasteiger partial charge in [0.05, 0.1) is 33.0 Å². The van der Waals surface area contributed by atoms with Gasteiger partial charge >= 0.3 is 0 Å². The Morgan fingerprint density at radius 2 is 2.00 bits per heavy atom. The molecule has 1 unspecified atom stereocenters. The van der Waals surface area contributed by atoms with Crippen molar-refractivity contribution in [3.8, 4) is 11.5 Å². The monoisotopic (exact) mass is 446 g/mol. The average Bonchev–Trinajstić information content (AvgIpc) is 3.23. The van der Waals surface area contributed by atoms with Gasteiger partial charge in [-0.2, -0.15) is 0 Å². The Balaban J connectivity index is 1.61. The summed E-state index contributed by atoms with van der Waals surface area (Å²) in [6.45, 7) is 9.61. The van der Waals surface area contributed by atoms with Gasteiger partial charge in [0, 0.05) is 43.0 Å². The average molecular weight is 447 g/mol. The molecule has 2 N–H and O–H groups in total. The molecule has 1 aromatic carbocycles. The van der Waals surface area contributed by atoms with Crippen molar-refractivity contribution in [2.45, 2.75) is 26.4 Å². The van der Waals surface area contributed by atoms with Gasteiger partial charge in [-0.25, -0.2) is 0 Å². The third kappa shape index (κ3) is 6.59. The van der Waals surface area contributed by atoms with Crippen LogP contribution >= 0.6 is 11.3 Å². The molecule has 1 atom stereocenters. The molecule has 8 heteroatoms. The Labute approximate surface area is 189 Å². The van der Waals surface area contributed by atoms with Crippen LogP contribution in [-0.4, -0.2) is 64.5 Å². The summed E-state index contributed by atoms with van der Waals surface area (Å²) in [5.74, 6) is 2.28. The van der Waals surface area contributed by atoms with E-state index in [9.17, 15) is 0 Å². The number of thiophene rings is 1. The quantitative estimate of drug-likeness (QED) is 0.456. The zero-order chi connectivity index (χ0) is 22.1. The van der Waals surface area contributed by atoms with Crippen molar-refractivity contribution < 1.29 is 14.2 Å². The number of benzene rings is 1. The molecule has 31 heavy (non-hydrogen) atoms. The predicted molar refractivity (Wildman–Crippen MR) is 127 cm³/mol.